The molecule has 1 aromatic heterocycles. The Morgan fingerprint density at radius 2 is 2.06 bits per heavy atom. The lowest BCUT2D eigenvalue weighted by molar-refractivity contribution is 0.334. The van der Waals surface area contributed by atoms with E-state index in [1.807, 2.05) is 6.92 Å². The standard InChI is InChI=1S/C13H20N2S/c1-8-5-4-6-11(7-8)12-14-10(3)9(2)13(16)15-12/h8,11H,4-7H2,1-3H3,(H,14,15,16). The van der Waals surface area contributed by atoms with Gasteiger partial charge < -0.3 is 4.98 Å². The zero-order valence-electron chi connectivity index (χ0n) is 10.3. The molecule has 2 rings (SSSR count). The summed E-state index contributed by atoms with van der Waals surface area (Å²) < 4.78 is 0.768. The van der Waals surface area contributed by atoms with Gasteiger partial charge in [-0.25, -0.2) is 4.98 Å². The molecule has 1 aromatic rings. The molecule has 1 N–H and O–H groups in total. The minimum atomic E-state index is 0.588. The molecule has 88 valence electrons. The SMILES string of the molecule is Cc1[nH]c(C2CCCC(C)C2)nc(=S)c1C. The third kappa shape index (κ3) is 2.34. The van der Waals surface area contributed by atoms with Gasteiger partial charge in [-0.1, -0.05) is 32.0 Å². The normalized spacial score (nSPS) is 25.7. The number of rotatable bonds is 1. The van der Waals surface area contributed by atoms with Crippen molar-refractivity contribution in [2.45, 2.75) is 52.4 Å². The highest BCUT2D eigenvalue weighted by molar-refractivity contribution is 7.71. The maximum atomic E-state index is 5.30. The topological polar surface area (TPSA) is 28.7 Å². The fourth-order valence-electron chi connectivity index (χ4n) is 2.54. The molecule has 0 amide bonds. The van der Waals surface area contributed by atoms with Gasteiger partial charge in [0.15, 0.2) is 0 Å². The van der Waals surface area contributed by atoms with E-state index >= 15 is 0 Å². The molecule has 2 unspecified atom stereocenters. The number of nitrogens with one attached hydrogen (secondary N) is 1. The maximum absolute atomic E-state index is 5.30. The van der Waals surface area contributed by atoms with Crippen LogP contribution in [0.3, 0.4) is 0 Å². The van der Waals surface area contributed by atoms with E-state index in [9.17, 15) is 0 Å². The van der Waals surface area contributed by atoms with Crippen LogP contribution in [0.4, 0.5) is 0 Å². The molecule has 3 heteroatoms. The number of nitrogens with zero attached hydrogens (tertiary/aromatic N) is 1. The van der Waals surface area contributed by atoms with Gasteiger partial charge in [0.2, 0.25) is 0 Å². The van der Waals surface area contributed by atoms with Crippen molar-refractivity contribution in [3.63, 3.8) is 0 Å². The molecule has 1 heterocycles. The zero-order chi connectivity index (χ0) is 11.7. The second kappa shape index (κ2) is 4.66. The predicted octanol–water partition coefficient (Wildman–Crippen LogP) is 4.05. The van der Waals surface area contributed by atoms with E-state index in [0.717, 1.165) is 21.9 Å². The monoisotopic (exact) mass is 236 g/mol. The molecule has 16 heavy (non-hydrogen) atoms. The van der Waals surface area contributed by atoms with Gasteiger partial charge in [-0.3, -0.25) is 0 Å². The largest absolute Gasteiger partial charge is 0.347 e. The summed E-state index contributed by atoms with van der Waals surface area (Å²) in [6, 6.07) is 0. The van der Waals surface area contributed by atoms with Crippen molar-refractivity contribution in [1.29, 1.82) is 0 Å². The Balaban J connectivity index is 2.30. The van der Waals surface area contributed by atoms with Gasteiger partial charge in [0.1, 0.15) is 10.5 Å². The molecule has 0 aromatic carbocycles. The van der Waals surface area contributed by atoms with Gasteiger partial charge in [0, 0.05) is 17.2 Å². The highest BCUT2D eigenvalue weighted by Crippen LogP contribution is 2.34. The first-order chi connectivity index (χ1) is 7.58. The summed E-state index contributed by atoms with van der Waals surface area (Å²) in [4.78, 5) is 7.98. The van der Waals surface area contributed by atoms with Gasteiger partial charge >= 0.3 is 0 Å². The molecule has 0 bridgehead atoms. The highest BCUT2D eigenvalue weighted by atomic mass is 32.1. The third-order valence-corrected chi connectivity index (χ3v) is 4.14. The second-order valence-electron chi connectivity index (χ2n) is 5.15. The summed E-state index contributed by atoms with van der Waals surface area (Å²) in [5.41, 5.74) is 2.29. The molecule has 1 aliphatic carbocycles. The lowest BCUT2D eigenvalue weighted by Gasteiger charge is -2.26. The highest BCUT2D eigenvalue weighted by Gasteiger charge is 2.22. The Labute approximate surface area is 103 Å². The average molecular weight is 236 g/mol. The van der Waals surface area contributed by atoms with Gasteiger partial charge in [-0.05, 0) is 32.6 Å². The van der Waals surface area contributed by atoms with Crippen LogP contribution in [0.1, 0.15) is 55.6 Å². The van der Waals surface area contributed by atoms with Gasteiger partial charge in [0.25, 0.3) is 0 Å². The molecule has 1 saturated carbocycles. The molecule has 0 saturated heterocycles. The van der Waals surface area contributed by atoms with Crippen molar-refractivity contribution in [2.24, 2.45) is 5.92 Å². The molecule has 2 atom stereocenters. The lowest BCUT2D eigenvalue weighted by atomic mass is 9.82. The minimum Gasteiger partial charge on any atom is -0.347 e. The van der Waals surface area contributed by atoms with E-state index in [4.69, 9.17) is 12.2 Å². The summed E-state index contributed by atoms with van der Waals surface area (Å²) in [6.07, 6.45) is 5.19. The van der Waals surface area contributed by atoms with Crippen LogP contribution in [0.25, 0.3) is 0 Å². The maximum Gasteiger partial charge on any atom is 0.132 e. The molecule has 0 spiro atoms. The Bertz CT molecular complexity index is 436. The van der Waals surface area contributed by atoms with E-state index in [2.05, 4.69) is 23.8 Å². The summed E-state index contributed by atoms with van der Waals surface area (Å²) in [5.74, 6) is 2.52. The van der Waals surface area contributed by atoms with Crippen molar-refractivity contribution >= 4 is 12.2 Å². The minimum absolute atomic E-state index is 0.588. The molecule has 1 fully saturated rings. The van der Waals surface area contributed by atoms with Gasteiger partial charge in [-0.2, -0.15) is 0 Å². The average Bonchev–Trinajstić information content (AvgIpc) is 2.25. The van der Waals surface area contributed by atoms with Crippen LogP contribution >= 0.6 is 12.2 Å². The second-order valence-corrected chi connectivity index (χ2v) is 5.53. The number of aryl methyl sites for hydroxylation is 1. The number of H-pyrrole nitrogens is 1. The van der Waals surface area contributed by atoms with Crippen molar-refractivity contribution < 1.29 is 0 Å². The molecule has 0 radical (unpaired) electrons. The number of aromatic nitrogens is 2. The van der Waals surface area contributed by atoms with Crippen LogP contribution in [0.2, 0.25) is 0 Å². The first kappa shape index (κ1) is 11.8. The fraction of sp³-hybridized carbons (Fsp3) is 0.692. The van der Waals surface area contributed by atoms with Crippen LogP contribution in [-0.4, -0.2) is 9.97 Å². The number of aromatic amines is 1. The van der Waals surface area contributed by atoms with E-state index in [1.165, 1.54) is 31.4 Å². The van der Waals surface area contributed by atoms with Crippen LogP contribution in [0.5, 0.6) is 0 Å². The van der Waals surface area contributed by atoms with Crippen LogP contribution in [0, 0.1) is 24.4 Å². The fourth-order valence-corrected chi connectivity index (χ4v) is 2.79. The molecular formula is C13H20N2S. The van der Waals surface area contributed by atoms with Gasteiger partial charge in [0.05, 0.1) is 0 Å². The van der Waals surface area contributed by atoms with Crippen molar-refractivity contribution in [2.75, 3.05) is 0 Å². The van der Waals surface area contributed by atoms with Crippen molar-refractivity contribution in [3.8, 4) is 0 Å². The van der Waals surface area contributed by atoms with E-state index in [0.29, 0.717) is 5.92 Å². The molecule has 2 nitrogen and oxygen atoms in total. The zero-order valence-corrected chi connectivity index (χ0v) is 11.2. The Kier molecular flexibility index (Phi) is 3.43. The first-order valence-corrected chi connectivity index (χ1v) is 6.56. The summed E-state index contributed by atoms with van der Waals surface area (Å²) in [5, 5.41) is 0. The van der Waals surface area contributed by atoms with Crippen LogP contribution in [-0.2, 0) is 0 Å². The predicted molar refractivity (Wildman–Crippen MR) is 69.3 cm³/mol. The third-order valence-electron chi connectivity index (χ3n) is 3.74. The van der Waals surface area contributed by atoms with E-state index in [-0.39, 0.29) is 0 Å². The number of hydrogen-bond donors (Lipinski definition) is 1. The van der Waals surface area contributed by atoms with Gasteiger partial charge in [-0.15, -0.1) is 0 Å². The van der Waals surface area contributed by atoms with Crippen LogP contribution in [0.15, 0.2) is 0 Å². The van der Waals surface area contributed by atoms with E-state index in [1.54, 1.807) is 0 Å². The number of hydrogen-bond acceptors (Lipinski definition) is 2. The summed E-state index contributed by atoms with van der Waals surface area (Å²) >= 11 is 5.30. The van der Waals surface area contributed by atoms with Crippen LogP contribution < -0.4 is 0 Å². The Morgan fingerprint density at radius 1 is 1.31 bits per heavy atom. The smallest absolute Gasteiger partial charge is 0.132 e. The first-order valence-electron chi connectivity index (χ1n) is 6.15. The quantitative estimate of drug-likeness (QED) is 0.745. The lowest BCUT2D eigenvalue weighted by Crippen LogP contribution is -2.15. The van der Waals surface area contributed by atoms with Crippen molar-refractivity contribution in [3.05, 3.63) is 21.7 Å². The van der Waals surface area contributed by atoms with Crippen molar-refractivity contribution in [1.82, 2.24) is 9.97 Å². The Hall–Kier alpha value is -0.700. The molecular weight excluding hydrogens is 216 g/mol. The molecule has 0 aliphatic heterocycles. The Morgan fingerprint density at radius 3 is 2.69 bits per heavy atom. The van der Waals surface area contributed by atoms with E-state index < -0.39 is 0 Å². The summed E-state index contributed by atoms with van der Waals surface area (Å²) in [6.45, 7) is 6.46. The summed E-state index contributed by atoms with van der Waals surface area (Å²) in [7, 11) is 0. The molecule has 1 aliphatic rings.